The van der Waals surface area contributed by atoms with Crippen molar-refractivity contribution in [3.05, 3.63) is 29.1 Å². The molecule has 0 heterocycles. The highest BCUT2D eigenvalue weighted by atomic mass is 19.2. The third-order valence-electron chi connectivity index (χ3n) is 1.81. The molecule has 0 fully saturated rings. The molecule has 0 aromatic heterocycles. The molecule has 0 saturated heterocycles. The van der Waals surface area contributed by atoms with Gasteiger partial charge < -0.3 is 10.5 Å². The maximum atomic E-state index is 13.1. The van der Waals surface area contributed by atoms with Crippen LogP contribution in [0.15, 0.2) is 6.07 Å². The lowest BCUT2D eigenvalue weighted by Crippen LogP contribution is -2.16. The number of ether oxygens (including phenoxy) is 1. The van der Waals surface area contributed by atoms with Crippen molar-refractivity contribution < 1.29 is 22.7 Å². The Morgan fingerprint density at radius 1 is 1.40 bits per heavy atom. The zero-order valence-corrected chi connectivity index (χ0v) is 7.81. The van der Waals surface area contributed by atoms with Gasteiger partial charge in [-0.15, -0.1) is 0 Å². The number of methoxy groups -OCH3 is 1. The van der Waals surface area contributed by atoms with E-state index in [-0.39, 0.29) is 0 Å². The second-order valence-corrected chi connectivity index (χ2v) is 2.69. The van der Waals surface area contributed by atoms with E-state index in [4.69, 9.17) is 5.73 Å². The zero-order valence-electron chi connectivity index (χ0n) is 7.81. The van der Waals surface area contributed by atoms with E-state index >= 15 is 0 Å². The van der Waals surface area contributed by atoms with Crippen molar-refractivity contribution in [1.29, 1.82) is 0 Å². The Bertz CT molecular complexity index is 407. The van der Waals surface area contributed by atoms with Gasteiger partial charge in [-0.3, -0.25) is 4.79 Å². The standard InChI is InChI=1S/C9H8F3NO2/c1-15-9-4(6(14)3-13)2-5(10)7(11)8(9)12/h2H,3,13H2,1H3. The van der Waals surface area contributed by atoms with Crippen LogP contribution in [0, 0.1) is 17.5 Å². The van der Waals surface area contributed by atoms with Crippen molar-refractivity contribution in [2.45, 2.75) is 0 Å². The Balaban J connectivity index is 3.45. The molecule has 15 heavy (non-hydrogen) atoms. The first kappa shape index (κ1) is 11.5. The Kier molecular flexibility index (Phi) is 3.31. The maximum Gasteiger partial charge on any atom is 0.204 e. The minimum Gasteiger partial charge on any atom is -0.493 e. The summed E-state index contributed by atoms with van der Waals surface area (Å²) in [5.41, 5.74) is 4.62. The molecule has 0 aliphatic rings. The van der Waals surface area contributed by atoms with Gasteiger partial charge in [-0.25, -0.2) is 8.78 Å². The fourth-order valence-electron chi connectivity index (χ4n) is 1.10. The summed E-state index contributed by atoms with van der Waals surface area (Å²) in [6.45, 7) is -0.444. The quantitative estimate of drug-likeness (QED) is 0.615. The monoisotopic (exact) mass is 219 g/mol. The highest BCUT2D eigenvalue weighted by molar-refractivity contribution is 6.00. The van der Waals surface area contributed by atoms with Gasteiger partial charge in [0.2, 0.25) is 5.82 Å². The highest BCUT2D eigenvalue weighted by Crippen LogP contribution is 2.27. The van der Waals surface area contributed by atoms with Crippen LogP contribution in [0.1, 0.15) is 10.4 Å². The average Bonchev–Trinajstić information content (AvgIpc) is 2.24. The summed E-state index contributed by atoms with van der Waals surface area (Å²) in [7, 11) is 1.04. The van der Waals surface area contributed by atoms with E-state index < -0.39 is 41.1 Å². The molecule has 1 rings (SSSR count). The highest BCUT2D eigenvalue weighted by Gasteiger charge is 2.22. The van der Waals surface area contributed by atoms with Gasteiger partial charge in [-0.2, -0.15) is 4.39 Å². The Morgan fingerprint density at radius 2 is 2.00 bits per heavy atom. The molecular weight excluding hydrogens is 211 g/mol. The van der Waals surface area contributed by atoms with Gasteiger partial charge in [0.25, 0.3) is 0 Å². The van der Waals surface area contributed by atoms with Gasteiger partial charge in [-0.1, -0.05) is 0 Å². The summed E-state index contributed by atoms with van der Waals surface area (Å²) < 4.78 is 43.1. The number of hydrogen-bond donors (Lipinski definition) is 1. The number of carbonyl (C=O) groups excluding carboxylic acids is 1. The fraction of sp³-hybridized carbons (Fsp3) is 0.222. The van der Waals surface area contributed by atoms with E-state index in [0.29, 0.717) is 6.07 Å². The zero-order chi connectivity index (χ0) is 11.6. The van der Waals surface area contributed by atoms with E-state index in [2.05, 4.69) is 4.74 Å². The van der Waals surface area contributed by atoms with E-state index in [1.54, 1.807) is 0 Å². The number of rotatable bonds is 3. The molecule has 0 amide bonds. The van der Waals surface area contributed by atoms with Crippen LogP contribution in [0.5, 0.6) is 5.75 Å². The van der Waals surface area contributed by atoms with Gasteiger partial charge in [0.1, 0.15) is 0 Å². The van der Waals surface area contributed by atoms with E-state index in [0.717, 1.165) is 7.11 Å². The summed E-state index contributed by atoms with van der Waals surface area (Å²) in [4.78, 5) is 11.1. The number of carbonyl (C=O) groups is 1. The predicted octanol–water partition coefficient (Wildman–Crippen LogP) is 1.25. The van der Waals surface area contributed by atoms with Crippen LogP contribution in [0.3, 0.4) is 0 Å². The van der Waals surface area contributed by atoms with Crippen molar-refractivity contribution in [2.24, 2.45) is 5.73 Å². The number of benzene rings is 1. The van der Waals surface area contributed by atoms with Crippen LogP contribution in [-0.2, 0) is 0 Å². The minimum absolute atomic E-state index is 0.406. The lowest BCUT2D eigenvalue weighted by molar-refractivity contribution is 0.0996. The van der Waals surface area contributed by atoms with Crippen molar-refractivity contribution in [1.82, 2.24) is 0 Å². The van der Waals surface area contributed by atoms with Crippen molar-refractivity contribution in [2.75, 3.05) is 13.7 Å². The summed E-state index contributed by atoms with van der Waals surface area (Å²) in [6, 6.07) is 0.562. The lowest BCUT2D eigenvalue weighted by atomic mass is 10.1. The molecule has 2 N–H and O–H groups in total. The number of hydrogen-bond acceptors (Lipinski definition) is 3. The van der Waals surface area contributed by atoms with Crippen LogP contribution in [-0.4, -0.2) is 19.4 Å². The van der Waals surface area contributed by atoms with Crippen LogP contribution in [0.4, 0.5) is 13.2 Å². The largest absolute Gasteiger partial charge is 0.493 e. The fourth-order valence-corrected chi connectivity index (χ4v) is 1.10. The van der Waals surface area contributed by atoms with Crippen LogP contribution in [0.25, 0.3) is 0 Å². The third kappa shape index (κ3) is 1.94. The first-order valence-corrected chi connectivity index (χ1v) is 3.97. The molecule has 0 radical (unpaired) electrons. The number of nitrogens with two attached hydrogens (primary N) is 1. The Labute approximate surface area is 83.6 Å². The lowest BCUT2D eigenvalue weighted by Gasteiger charge is -2.08. The van der Waals surface area contributed by atoms with Crippen molar-refractivity contribution >= 4 is 5.78 Å². The SMILES string of the molecule is COc1c(C(=O)CN)cc(F)c(F)c1F. The normalized spacial score (nSPS) is 10.2. The maximum absolute atomic E-state index is 13.1. The molecule has 1 aromatic carbocycles. The first-order valence-electron chi connectivity index (χ1n) is 3.97. The molecule has 6 heteroatoms. The Morgan fingerprint density at radius 3 is 2.47 bits per heavy atom. The molecule has 82 valence electrons. The van der Waals surface area contributed by atoms with Crippen LogP contribution >= 0.6 is 0 Å². The predicted molar refractivity (Wildman–Crippen MR) is 46.3 cm³/mol. The topological polar surface area (TPSA) is 52.3 Å². The smallest absolute Gasteiger partial charge is 0.204 e. The van der Waals surface area contributed by atoms with E-state index in [9.17, 15) is 18.0 Å². The summed E-state index contributed by atoms with van der Waals surface area (Å²) in [5.74, 6) is -6.03. The van der Waals surface area contributed by atoms with Gasteiger partial charge in [0.05, 0.1) is 19.2 Å². The molecular formula is C9H8F3NO2. The van der Waals surface area contributed by atoms with Crippen LogP contribution < -0.4 is 10.5 Å². The van der Waals surface area contributed by atoms with E-state index in [1.165, 1.54) is 0 Å². The summed E-state index contributed by atoms with van der Waals surface area (Å²) in [5, 5.41) is 0. The molecule has 0 aliphatic heterocycles. The average molecular weight is 219 g/mol. The van der Waals surface area contributed by atoms with Gasteiger partial charge >= 0.3 is 0 Å². The van der Waals surface area contributed by atoms with Gasteiger partial charge in [0.15, 0.2) is 23.2 Å². The van der Waals surface area contributed by atoms with Crippen molar-refractivity contribution in [3.8, 4) is 5.75 Å². The van der Waals surface area contributed by atoms with E-state index in [1.807, 2.05) is 0 Å². The molecule has 0 spiro atoms. The Hall–Kier alpha value is -1.56. The van der Waals surface area contributed by atoms with Crippen LogP contribution in [0.2, 0.25) is 0 Å². The summed E-state index contributed by atoms with van der Waals surface area (Å²) >= 11 is 0. The minimum atomic E-state index is -1.68. The first-order chi connectivity index (χ1) is 7.02. The van der Waals surface area contributed by atoms with Gasteiger partial charge in [-0.05, 0) is 6.07 Å². The molecule has 0 saturated carbocycles. The second-order valence-electron chi connectivity index (χ2n) is 2.69. The number of halogens is 3. The van der Waals surface area contributed by atoms with Crippen molar-refractivity contribution in [3.63, 3.8) is 0 Å². The third-order valence-corrected chi connectivity index (χ3v) is 1.81. The number of Topliss-reactive ketones (excluding diaryl/α,β-unsaturated/α-hetero) is 1. The second kappa shape index (κ2) is 4.31. The molecule has 0 aliphatic carbocycles. The molecule has 3 nitrogen and oxygen atoms in total. The summed E-state index contributed by atoms with van der Waals surface area (Å²) in [6.07, 6.45) is 0. The molecule has 0 atom stereocenters. The molecule has 1 aromatic rings. The molecule has 0 bridgehead atoms. The number of ketones is 1. The molecule has 0 unspecified atom stereocenters. The van der Waals surface area contributed by atoms with Gasteiger partial charge in [0, 0.05) is 0 Å².